The predicted octanol–water partition coefficient (Wildman–Crippen LogP) is 1.14. The molecule has 1 aromatic rings. The van der Waals surface area contributed by atoms with Crippen LogP contribution in [0.3, 0.4) is 0 Å². The van der Waals surface area contributed by atoms with Crippen LogP contribution in [0, 0.1) is 5.92 Å². The molecule has 2 unspecified atom stereocenters. The van der Waals surface area contributed by atoms with E-state index in [2.05, 4.69) is 22.8 Å². The van der Waals surface area contributed by atoms with Gasteiger partial charge in [0.05, 0.1) is 5.92 Å². The van der Waals surface area contributed by atoms with Gasteiger partial charge in [-0.2, -0.15) is 12.6 Å². The maximum atomic E-state index is 12.3. The minimum absolute atomic E-state index is 0.00339. The number of rotatable bonds is 6. The first kappa shape index (κ1) is 18.6. The van der Waals surface area contributed by atoms with Gasteiger partial charge in [0.15, 0.2) is 0 Å². The van der Waals surface area contributed by atoms with Gasteiger partial charge in [-0.25, -0.2) is 4.79 Å². The quantitative estimate of drug-likeness (QED) is 0.647. The van der Waals surface area contributed by atoms with Crippen molar-refractivity contribution in [2.75, 3.05) is 35.2 Å². The van der Waals surface area contributed by atoms with Gasteiger partial charge in [-0.15, -0.1) is 0 Å². The van der Waals surface area contributed by atoms with Crippen molar-refractivity contribution >= 4 is 41.8 Å². The minimum Gasteiger partial charge on any atom is -0.480 e. The van der Waals surface area contributed by atoms with Crippen molar-refractivity contribution in [2.24, 2.45) is 5.92 Å². The predicted molar refractivity (Wildman–Crippen MR) is 102 cm³/mol. The van der Waals surface area contributed by atoms with E-state index in [9.17, 15) is 14.4 Å². The maximum Gasteiger partial charge on any atom is 0.327 e. The van der Waals surface area contributed by atoms with Crippen molar-refractivity contribution in [2.45, 2.75) is 25.3 Å². The smallest absolute Gasteiger partial charge is 0.327 e. The standard InChI is InChI=1S/C18H23N3O4S/c22-16-9-12(17(23)19-15(11-26)18(24)25)10-21(16)14-5-3-13(4-6-14)20-7-1-2-8-20/h3-6,12,15,26H,1-2,7-11H2,(H,19,23)(H,24,25). The first-order chi connectivity index (χ1) is 12.5. The number of hydrogen-bond donors (Lipinski definition) is 3. The van der Waals surface area contributed by atoms with E-state index in [0.717, 1.165) is 24.5 Å². The Morgan fingerprint density at radius 2 is 1.81 bits per heavy atom. The topological polar surface area (TPSA) is 89.9 Å². The summed E-state index contributed by atoms with van der Waals surface area (Å²) >= 11 is 3.93. The Morgan fingerprint density at radius 3 is 2.38 bits per heavy atom. The van der Waals surface area contributed by atoms with Crippen molar-refractivity contribution in [1.29, 1.82) is 0 Å². The molecule has 2 heterocycles. The van der Waals surface area contributed by atoms with E-state index in [-0.39, 0.29) is 24.6 Å². The molecule has 1 aromatic carbocycles. The van der Waals surface area contributed by atoms with Crippen LogP contribution in [0.5, 0.6) is 0 Å². The van der Waals surface area contributed by atoms with E-state index in [4.69, 9.17) is 5.11 Å². The van der Waals surface area contributed by atoms with Crippen LogP contribution in [0.2, 0.25) is 0 Å². The van der Waals surface area contributed by atoms with Gasteiger partial charge in [-0.3, -0.25) is 9.59 Å². The fourth-order valence-electron chi connectivity index (χ4n) is 3.43. The number of carbonyl (C=O) groups excluding carboxylic acids is 2. The van der Waals surface area contributed by atoms with Crippen molar-refractivity contribution in [3.05, 3.63) is 24.3 Å². The number of aliphatic carboxylic acids is 1. The highest BCUT2D eigenvalue weighted by Gasteiger charge is 2.36. The average molecular weight is 377 g/mol. The molecule has 0 aliphatic carbocycles. The van der Waals surface area contributed by atoms with Crippen LogP contribution in [0.4, 0.5) is 11.4 Å². The molecule has 3 rings (SSSR count). The van der Waals surface area contributed by atoms with E-state index in [1.54, 1.807) is 4.90 Å². The molecular formula is C18H23N3O4S. The molecule has 2 saturated heterocycles. The van der Waals surface area contributed by atoms with Crippen LogP contribution >= 0.6 is 12.6 Å². The summed E-state index contributed by atoms with van der Waals surface area (Å²) in [6, 6.07) is 6.76. The summed E-state index contributed by atoms with van der Waals surface area (Å²) < 4.78 is 0. The number of anilines is 2. The Kier molecular flexibility index (Phi) is 5.70. The van der Waals surface area contributed by atoms with E-state index in [1.807, 2.05) is 24.3 Å². The molecule has 0 spiro atoms. The van der Waals surface area contributed by atoms with E-state index >= 15 is 0 Å². The van der Waals surface area contributed by atoms with Gasteiger partial charge in [-0.1, -0.05) is 0 Å². The zero-order valence-corrected chi connectivity index (χ0v) is 15.3. The lowest BCUT2D eigenvalue weighted by Gasteiger charge is -2.21. The highest BCUT2D eigenvalue weighted by atomic mass is 32.1. The van der Waals surface area contributed by atoms with Gasteiger partial charge in [0.1, 0.15) is 6.04 Å². The van der Waals surface area contributed by atoms with Crippen LogP contribution in [0.15, 0.2) is 24.3 Å². The maximum absolute atomic E-state index is 12.3. The molecule has 2 aliphatic heterocycles. The fourth-order valence-corrected chi connectivity index (χ4v) is 3.67. The lowest BCUT2D eigenvalue weighted by atomic mass is 10.1. The Morgan fingerprint density at radius 1 is 1.19 bits per heavy atom. The van der Waals surface area contributed by atoms with Crippen molar-refractivity contribution < 1.29 is 19.5 Å². The fraction of sp³-hybridized carbons (Fsp3) is 0.500. The summed E-state index contributed by atoms with van der Waals surface area (Å²) in [5.74, 6) is -2.23. The first-order valence-electron chi connectivity index (χ1n) is 8.79. The number of benzene rings is 1. The van der Waals surface area contributed by atoms with E-state index in [1.165, 1.54) is 12.8 Å². The first-order valence-corrected chi connectivity index (χ1v) is 9.42. The van der Waals surface area contributed by atoms with Gasteiger partial charge in [0.2, 0.25) is 11.8 Å². The summed E-state index contributed by atoms with van der Waals surface area (Å²) in [6.07, 6.45) is 2.48. The van der Waals surface area contributed by atoms with Crippen molar-refractivity contribution in [3.8, 4) is 0 Å². The van der Waals surface area contributed by atoms with E-state index < -0.39 is 23.8 Å². The number of carboxylic acids is 1. The number of amides is 2. The lowest BCUT2D eigenvalue weighted by Crippen LogP contribution is -2.45. The molecule has 26 heavy (non-hydrogen) atoms. The number of hydrogen-bond acceptors (Lipinski definition) is 5. The van der Waals surface area contributed by atoms with E-state index in [0.29, 0.717) is 0 Å². The van der Waals surface area contributed by atoms with Crippen molar-refractivity contribution in [1.82, 2.24) is 5.32 Å². The Hall–Kier alpha value is -2.22. The second kappa shape index (κ2) is 7.99. The molecule has 7 nitrogen and oxygen atoms in total. The summed E-state index contributed by atoms with van der Waals surface area (Å²) in [4.78, 5) is 39.5. The number of carboxylic acid groups (broad SMARTS) is 1. The molecule has 0 bridgehead atoms. The Bertz CT molecular complexity index is 688. The van der Waals surface area contributed by atoms with Gasteiger partial charge in [-0.05, 0) is 37.1 Å². The van der Waals surface area contributed by atoms with Crippen molar-refractivity contribution in [3.63, 3.8) is 0 Å². The monoisotopic (exact) mass is 377 g/mol. The summed E-state index contributed by atoms with van der Waals surface area (Å²) in [5, 5.41) is 11.5. The molecule has 140 valence electrons. The zero-order chi connectivity index (χ0) is 18.7. The second-order valence-electron chi connectivity index (χ2n) is 6.70. The molecule has 2 amide bonds. The van der Waals surface area contributed by atoms with Gasteiger partial charge < -0.3 is 20.2 Å². The van der Waals surface area contributed by atoms with Crippen LogP contribution in [0.1, 0.15) is 19.3 Å². The number of nitrogens with one attached hydrogen (secondary N) is 1. The van der Waals surface area contributed by atoms with Gasteiger partial charge in [0.25, 0.3) is 0 Å². The molecule has 2 N–H and O–H groups in total. The lowest BCUT2D eigenvalue weighted by molar-refractivity contribution is -0.141. The minimum atomic E-state index is -1.13. The number of thiol groups is 1. The number of carbonyl (C=O) groups is 3. The third-order valence-electron chi connectivity index (χ3n) is 4.93. The molecule has 2 aliphatic rings. The van der Waals surface area contributed by atoms with Gasteiger partial charge in [0, 0.05) is 43.2 Å². The molecule has 8 heteroatoms. The van der Waals surface area contributed by atoms with Crippen LogP contribution in [0.25, 0.3) is 0 Å². The summed E-state index contributed by atoms with van der Waals surface area (Å²) in [6.45, 7) is 2.37. The second-order valence-corrected chi connectivity index (χ2v) is 7.06. The van der Waals surface area contributed by atoms with Gasteiger partial charge >= 0.3 is 5.97 Å². The molecule has 0 radical (unpaired) electrons. The Labute approximate surface area is 157 Å². The average Bonchev–Trinajstić information content (AvgIpc) is 3.29. The normalized spacial score (nSPS) is 21.1. The highest BCUT2D eigenvalue weighted by molar-refractivity contribution is 7.80. The zero-order valence-electron chi connectivity index (χ0n) is 14.4. The SMILES string of the molecule is O=C(NC(CS)C(=O)O)C1CC(=O)N(c2ccc(N3CCCC3)cc2)C1. The Balaban J connectivity index is 1.64. The molecule has 2 fully saturated rings. The molecular weight excluding hydrogens is 354 g/mol. The largest absolute Gasteiger partial charge is 0.480 e. The summed E-state index contributed by atoms with van der Waals surface area (Å²) in [5.41, 5.74) is 1.91. The van der Waals surface area contributed by atoms with Crippen LogP contribution in [-0.4, -0.2) is 54.3 Å². The summed E-state index contributed by atoms with van der Waals surface area (Å²) in [7, 11) is 0. The van der Waals surface area contributed by atoms with Crippen LogP contribution < -0.4 is 15.1 Å². The third-order valence-corrected chi connectivity index (χ3v) is 5.29. The third kappa shape index (κ3) is 3.95. The van der Waals surface area contributed by atoms with Crippen LogP contribution in [-0.2, 0) is 14.4 Å². The molecule has 0 saturated carbocycles. The molecule has 0 aromatic heterocycles. The highest BCUT2D eigenvalue weighted by Crippen LogP contribution is 2.28. The number of nitrogens with zero attached hydrogens (tertiary/aromatic N) is 2. The molecule has 2 atom stereocenters.